The number of carbonyl (C=O) groups excluding carboxylic acids is 1. The topological polar surface area (TPSA) is 102 Å². The van der Waals surface area contributed by atoms with Crippen molar-refractivity contribution in [3.63, 3.8) is 0 Å². The van der Waals surface area contributed by atoms with Gasteiger partial charge in [0.15, 0.2) is 0 Å². The molecule has 1 saturated carbocycles. The van der Waals surface area contributed by atoms with E-state index in [-0.39, 0.29) is 13.0 Å². The highest BCUT2D eigenvalue weighted by molar-refractivity contribution is 5.92. The Bertz CT molecular complexity index is 1030. The average Bonchev–Trinajstić information content (AvgIpc) is 3.27. The maximum atomic E-state index is 13.4. The van der Waals surface area contributed by atoms with Gasteiger partial charge < -0.3 is 24.6 Å². The number of carbonyl (C=O) groups is 1. The van der Waals surface area contributed by atoms with Crippen molar-refractivity contribution >= 4 is 23.0 Å². The summed E-state index contributed by atoms with van der Waals surface area (Å²) in [6.07, 6.45) is 2.96. The molecule has 3 heterocycles. The zero-order valence-electron chi connectivity index (χ0n) is 15.7. The summed E-state index contributed by atoms with van der Waals surface area (Å²) in [7, 11) is 3.07. The predicted molar refractivity (Wildman–Crippen MR) is 101 cm³/mol. The molecule has 2 atom stereocenters. The Kier molecular flexibility index (Phi) is 4.37. The molecule has 0 aromatic carbocycles. The van der Waals surface area contributed by atoms with Crippen LogP contribution in [0.15, 0.2) is 18.6 Å². The number of anilines is 1. The van der Waals surface area contributed by atoms with Crippen LogP contribution in [0.4, 0.5) is 10.2 Å². The summed E-state index contributed by atoms with van der Waals surface area (Å²) in [5, 5.41) is 3.97. The number of hydrogen-bond acceptors (Lipinski definition) is 7. The molecule has 28 heavy (non-hydrogen) atoms. The lowest BCUT2D eigenvalue weighted by molar-refractivity contribution is -0.112. The molecule has 0 radical (unpaired) electrons. The molecule has 3 aromatic rings. The molecule has 0 aliphatic heterocycles. The third-order valence-electron chi connectivity index (χ3n) is 5.21. The van der Waals surface area contributed by atoms with Gasteiger partial charge >= 0.3 is 0 Å². The molecule has 1 aliphatic rings. The number of methoxy groups -OCH3 is 2. The second-order valence-electron chi connectivity index (χ2n) is 6.88. The zero-order chi connectivity index (χ0) is 19.9. The molecular formula is C19H20FN5O3. The van der Waals surface area contributed by atoms with E-state index in [1.54, 1.807) is 6.20 Å². The zero-order valence-corrected chi connectivity index (χ0v) is 15.7. The second kappa shape index (κ2) is 6.74. The molecule has 0 spiro atoms. The van der Waals surface area contributed by atoms with E-state index in [2.05, 4.69) is 25.3 Å². The van der Waals surface area contributed by atoms with Gasteiger partial charge in [0.05, 0.1) is 30.8 Å². The fourth-order valence-corrected chi connectivity index (χ4v) is 3.32. The first-order valence-corrected chi connectivity index (χ1v) is 8.79. The number of fused-ring (bicyclic) bond motifs is 1. The summed E-state index contributed by atoms with van der Waals surface area (Å²) >= 11 is 0. The molecule has 2 unspecified atom stereocenters. The van der Waals surface area contributed by atoms with Crippen molar-refractivity contribution in [1.29, 1.82) is 0 Å². The third-order valence-corrected chi connectivity index (χ3v) is 5.21. The number of hydrogen-bond donors (Lipinski definition) is 2. The van der Waals surface area contributed by atoms with Crippen LogP contribution in [-0.2, 0) is 4.79 Å². The van der Waals surface area contributed by atoms with Crippen LogP contribution in [0, 0.1) is 12.3 Å². The lowest BCUT2D eigenvalue weighted by Crippen LogP contribution is -2.20. The van der Waals surface area contributed by atoms with Crippen LogP contribution in [0.2, 0.25) is 0 Å². The molecule has 146 valence electrons. The van der Waals surface area contributed by atoms with Gasteiger partial charge in [0, 0.05) is 24.2 Å². The molecule has 1 aliphatic carbocycles. The second-order valence-corrected chi connectivity index (χ2v) is 6.88. The van der Waals surface area contributed by atoms with Gasteiger partial charge in [0.1, 0.15) is 30.2 Å². The largest absolute Gasteiger partial charge is 0.480 e. The minimum absolute atomic E-state index is 0.219. The lowest BCUT2D eigenvalue weighted by Gasteiger charge is -2.10. The summed E-state index contributed by atoms with van der Waals surface area (Å²) in [5.74, 6) is 1.34. The van der Waals surface area contributed by atoms with Crippen molar-refractivity contribution in [2.24, 2.45) is 5.41 Å². The van der Waals surface area contributed by atoms with Crippen LogP contribution in [0.5, 0.6) is 11.8 Å². The summed E-state index contributed by atoms with van der Waals surface area (Å²) in [5.41, 5.74) is 2.23. The fourth-order valence-electron chi connectivity index (χ4n) is 3.32. The Morgan fingerprint density at radius 1 is 1.32 bits per heavy atom. The number of nitrogens with zero attached hydrogens (tertiary/aromatic N) is 3. The monoisotopic (exact) mass is 385 g/mol. The first kappa shape index (κ1) is 18.1. The molecule has 4 rings (SSSR count). The Balaban J connectivity index is 1.71. The number of halogens is 1. The van der Waals surface area contributed by atoms with E-state index in [1.165, 1.54) is 20.5 Å². The van der Waals surface area contributed by atoms with Gasteiger partial charge in [-0.15, -0.1) is 0 Å². The number of aryl methyl sites for hydroxylation is 1. The van der Waals surface area contributed by atoms with Gasteiger partial charge in [-0.3, -0.25) is 0 Å². The van der Waals surface area contributed by atoms with Crippen LogP contribution in [-0.4, -0.2) is 53.2 Å². The fraction of sp³-hybridized carbons (Fsp3) is 0.368. The number of H-pyrrole nitrogens is 1. The number of nitrogens with one attached hydrogen (secondary N) is 2. The van der Waals surface area contributed by atoms with E-state index in [4.69, 9.17) is 9.47 Å². The highest BCUT2D eigenvalue weighted by Crippen LogP contribution is 2.46. The van der Waals surface area contributed by atoms with E-state index in [0.29, 0.717) is 29.4 Å². The van der Waals surface area contributed by atoms with Crippen molar-refractivity contribution in [3.05, 3.63) is 24.2 Å². The van der Waals surface area contributed by atoms with E-state index in [1.807, 2.05) is 13.0 Å². The van der Waals surface area contributed by atoms with Crippen molar-refractivity contribution in [1.82, 2.24) is 19.9 Å². The van der Waals surface area contributed by atoms with Crippen LogP contribution in [0.25, 0.3) is 22.2 Å². The maximum absolute atomic E-state index is 13.4. The van der Waals surface area contributed by atoms with E-state index in [9.17, 15) is 9.18 Å². The summed E-state index contributed by atoms with van der Waals surface area (Å²) in [4.78, 5) is 27.2. The molecule has 8 nitrogen and oxygen atoms in total. The van der Waals surface area contributed by atoms with Crippen molar-refractivity contribution in [2.75, 3.05) is 26.1 Å². The lowest BCUT2D eigenvalue weighted by atomic mass is 10.1. The number of aromatic amines is 1. The molecule has 1 fully saturated rings. The third kappa shape index (κ3) is 2.83. The van der Waals surface area contributed by atoms with Gasteiger partial charge in [-0.25, -0.2) is 19.3 Å². The highest BCUT2D eigenvalue weighted by atomic mass is 19.1. The normalized spacial score (nSPS) is 20.8. The molecule has 0 amide bonds. The van der Waals surface area contributed by atoms with Crippen molar-refractivity contribution < 1.29 is 18.7 Å². The quantitative estimate of drug-likeness (QED) is 0.603. The minimum Gasteiger partial charge on any atom is -0.480 e. The number of ether oxygens (including phenoxy) is 2. The van der Waals surface area contributed by atoms with Crippen LogP contribution >= 0.6 is 0 Å². The number of aromatic nitrogens is 4. The molecular weight excluding hydrogens is 365 g/mol. The summed E-state index contributed by atoms with van der Waals surface area (Å²) in [6.45, 7) is 2.17. The van der Waals surface area contributed by atoms with Crippen LogP contribution in [0.3, 0.4) is 0 Å². The van der Waals surface area contributed by atoms with Crippen molar-refractivity contribution in [2.45, 2.75) is 19.5 Å². The van der Waals surface area contributed by atoms with Crippen LogP contribution < -0.4 is 14.8 Å². The summed E-state index contributed by atoms with van der Waals surface area (Å²) < 4.78 is 24.2. The van der Waals surface area contributed by atoms with Gasteiger partial charge in [-0.05, 0) is 18.9 Å². The van der Waals surface area contributed by atoms with E-state index >= 15 is 0 Å². The Morgan fingerprint density at radius 2 is 2.00 bits per heavy atom. The maximum Gasteiger partial charge on any atom is 0.229 e. The first-order chi connectivity index (χ1) is 13.5. The summed E-state index contributed by atoms with van der Waals surface area (Å²) in [6, 6.07) is 1.82. The first-order valence-electron chi connectivity index (χ1n) is 8.79. The van der Waals surface area contributed by atoms with Crippen LogP contribution in [0.1, 0.15) is 12.0 Å². The minimum atomic E-state index is -1.08. The van der Waals surface area contributed by atoms with Crippen molar-refractivity contribution in [3.8, 4) is 23.0 Å². The van der Waals surface area contributed by atoms with Gasteiger partial charge in [0.2, 0.25) is 11.8 Å². The molecule has 3 aromatic heterocycles. The SMILES string of the molecule is COc1ncnc(OC)c1-c1[nH]c2cc(NCC3(C=O)CC3F)ncc2c1C. The van der Waals surface area contributed by atoms with E-state index < -0.39 is 11.6 Å². The Morgan fingerprint density at radius 3 is 2.57 bits per heavy atom. The number of pyridine rings is 1. The predicted octanol–water partition coefficient (Wildman–Crippen LogP) is 2.68. The van der Waals surface area contributed by atoms with Gasteiger partial charge in [0.25, 0.3) is 0 Å². The Labute approximate surface area is 160 Å². The Hall–Kier alpha value is -3.23. The standard InChI is InChI=1S/C19H20FN5O3/c1-10-11-6-21-14(22-7-19(8-26)5-13(19)20)4-12(11)25-16(10)15-17(27-2)23-9-24-18(15)28-3/h4,6,8-9,13,25H,5,7H2,1-3H3,(H,21,22). The molecule has 0 bridgehead atoms. The number of alkyl halides is 1. The molecule has 2 N–H and O–H groups in total. The molecule has 9 heteroatoms. The number of rotatable bonds is 7. The van der Waals surface area contributed by atoms with Gasteiger partial charge in [-0.2, -0.15) is 0 Å². The van der Waals surface area contributed by atoms with Gasteiger partial charge in [-0.1, -0.05) is 0 Å². The smallest absolute Gasteiger partial charge is 0.229 e. The molecule has 0 saturated heterocycles. The average molecular weight is 385 g/mol. The number of aldehydes is 1. The highest BCUT2D eigenvalue weighted by Gasteiger charge is 2.55. The van der Waals surface area contributed by atoms with E-state index in [0.717, 1.165) is 22.2 Å².